The summed E-state index contributed by atoms with van der Waals surface area (Å²) in [5.41, 5.74) is 0. The molecule has 0 spiro atoms. The summed E-state index contributed by atoms with van der Waals surface area (Å²) in [5, 5.41) is 3.56. The standard InChI is InChI=1S/C12H23NO/c1-3-5-8-13-11-7-9-14-12(10-11)6-4-2/h3,11-13H,1,4-10H2,2H3. The lowest BCUT2D eigenvalue weighted by molar-refractivity contribution is -0.00297. The van der Waals surface area contributed by atoms with E-state index in [-0.39, 0.29) is 0 Å². The molecular formula is C12H23NO. The van der Waals surface area contributed by atoms with Crippen molar-refractivity contribution in [3.8, 4) is 0 Å². The van der Waals surface area contributed by atoms with Crippen LogP contribution in [0.25, 0.3) is 0 Å². The fraction of sp³-hybridized carbons (Fsp3) is 0.833. The second-order valence-electron chi connectivity index (χ2n) is 4.03. The molecule has 1 N–H and O–H groups in total. The number of rotatable bonds is 6. The van der Waals surface area contributed by atoms with Gasteiger partial charge in [0.25, 0.3) is 0 Å². The van der Waals surface area contributed by atoms with E-state index in [0.717, 1.165) is 26.0 Å². The Balaban J connectivity index is 2.15. The third-order valence-electron chi connectivity index (χ3n) is 2.76. The molecule has 0 saturated carbocycles. The molecule has 1 aliphatic heterocycles. The van der Waals surface area contributed by atoms with Gasteiger partial charge < -0.3 is 10.1 Å². The van der Waals surface area contributed by atoms with Crippen molar-refractivity contribution in [1.29, 1.82) is 0 Å². The van der Waals surface area contributed by atoms with Crippen molar-refractivity contribution in [2.24, 2.45) is 0 Å². The zero-order valence-corrected chi connectivity index (χ0v) is 9.30. The molecule has 2 heteroatoms. The fourth-order valence-electron chi connectivity index (χ4n) is 1.98. The number of ether oxygens (including phenoxy) is 1. The lowest BCUT2D eigenvalue weighted by atomic mass is 10.00. The third kappa shape index (κ3) is 4.25. The minimum Gasteiger partial charge on any atom is -0.378 e. The molecular weight excluding hydrogens is 174 g/mol. The summed E-state index contributed by atoms with van der Waals surface area (Å²) in [7, 11) is 0. The maximum atomic E-state index is 5.69. The molecule has 1 saturated heterocycles. The van der Waals surface area contributed by atoms with Crippen LogP contribution in [0.15, 0.2) is 12.7 Å². The van der Waals surface area contributed by atoms with E-state index in [1.165, 1.54) is 19.3 Å². The Morgan fingerprint density at radius 3 is 3.14 bits per heavy atom. The Bertz CT molecular complexity index is 156. The SMILES string of the molecule is C=CCCNC1CCOC(CCC)C1. The summed E-state index contributed by atoms with van der Waals surface area (Å²) in [4.78, 5) is 0. The van der Waals surface area contributed by atoms with Gasteiger partial charge in [-0.1, -0.05) is 19.4 Å². The highest BCUT2D eigenvalue weighted by molar-refractivity contribution is 4.78. The quantitative estimate of drug-likeness (QED) is 0.522. The first-order valence-corrected chi connectivity index (χ1v) is 5.82. The minimum absolute atomic E-state index is 0.495. The molecule has 0 aliphatic carbocycles. The van der Waals surface area contributed by atoms with Gasteiger partial charge in [0.15, 0.2) is 0 Å². The van der Waals surface area contributed by atoms with Gasteiger partial charge in [-0.2, -0.15) is 0 Å². The predicted octanol–water partition coefficient (Wildman–Crippen LogP) is 2.50. The largest absolute Gasteiger partial charge is 0.378 e. The van der Waals surface area contributed by atoms with Crippen molar-refractivity contribution >= 4 is 0 Å². The molecule has 0 aromatic carbocycles. The van der Waals surface area contributed by atoms with E-state index in [9.17, 15) is 0 Å². The van der Waals surface area contributed by atoms with Crippen LogP contribution < -0.4 is 5.32 Å². The van der Waals surface area contributed by atoms with Gasteiger partial charge in [0, 0.05) is 12.6 Å². The van der Waals surface area contributed by atoms with Gasteiger partial charge in [0.1, 0.15) is 0 Å². The summed E-state index contributed by atoms with van der Waals surface area (Å²) >= 11 is 0. The summed E-state index contributed by atoms with van der Waals surface area (Å²) in [6.45, 7) is 7.93. The van der Waals surface area contributed by atoms with Crippen LogP contribution in [0.4, 0.5) is 0 Å². The van der Waals surface area contributed by atoms with Crippen molar-refractivity contribution in [3.63, 3.8) is 0 Å². The normalized spacial score (nSPS) is 27.5. The Labute approximate surface area is 87.7 Å². The first-order chi connectivity index (χ1) is 6.86. The molecule has 0 aromatic heterocycles. The van der Waals surface area contributed by atoms with Crippen LogP contribution in [0.5, 0.6) is 0 Å². The molecule has 82 valence electrons. The molecule has 0 bridgehead atoms. The average Bonchev–Trinajstić information content (AvgIpc) is 2.19. The molecule has 1 fully saturated rings. The van der Waals surface area contributed by atoms with Crippen molar-refractivity contribution in [2.75, 3.05) is 13.2 Å². The summed E-state index contributed by atoms with van der Waals surface area (Å²) in [6.07, 6.45) is 8.31. The molecule has 1 aliphatic rings. The summed E-state index contributed by atoms with van der Waals surface area (Å²) in [5.74, 6) is 0. The van der Waals surface area contributed by atoms with E-state index in [1.807, 2.05) is 6.08 Å². The van der Waals surface area contributed by atoms with Gasteiger partial charge in [0.05, 0.1) is 6.10 Å². The Hall–Kier alpha value is -0.340. The van der Waals surface area contributed by atoms with Gasteiger partial charge >= 0.3 is 0 Å². The smallest absolute Gasteiger partial charge is 0.0589 e. The van der Waals surface area contributed by atoms with Gasteiger partial charge in [0.2, 0.25) is 0 Å². The zero-order chi connectivity index (χ0) is 10.2. The molecule has 0 radical (unpaired) electrons. The minimum atomic E-state index is 0.495. The lowest BCUT2D eigenvalue weighted by Gasteiger charge is -2.30. The number of hydrogen-bond acceptors (Lipinski definition) is 2. The average molecular weight is 197 g/mol. The van der Waals surface area contributed by atoms with E-state index < -0.39 is 0 Å². The maximum Gasteiger partial charge on any atom is 0.0589 e. The highest BCUT2D eigenvalue weighted by Gasteiger charge is 2.20. The van der Waals surface area contributed by atoms with E-state index in [1.54, 1.807) is 0 Å². The molecule has 2 atom stereocenters. The molecule has 2 unspecified atom stereocenters. The predicted molar refractivity (Wildman–Crippen MR) is 60.5 cm³/mol. The molecule has 1 rings (SSSR count). The Morgan fingerprint density at radius 1 is 1.57 bits per heavy atom. The summed E-state index contributed by atoms with van der Waals surface area (Å²) in [6, 6.07) is 0.667. The number of hydrogen-bond donors (Lipinski definition) is 1. The van der Waals surface area contributed by atoms with Crippen molar-refractivity contribution in [3.05, 3.63) is 12.7 Å². The van der Waals surface area contributed by atoms with Crippen LogP contribution in [-0.2, 0) is 4.74 Å². The Morgan fingerprint density at radius 2 is 2.43 bits per heavy atom. The third-order valence-corrected chi connectivity index (χ3v) is 2.76. The van der Waals surface area contributed by atoms with Crippen LogP contribution in [-0.4, -0.2) is 25.3 Å². The van der Waals surface area contributed by atoms with Gasteiger partial charge in [-0.25, -0.2) is 0 Å². The van der Waals surface area contributed by atoms with Crippen LogP contribution in [0.2, 0.25) is 0 Å². The summed E-state index contributed by atoms with van der Waals surface area (Å²) < 4.78 is 5.69. The fourth-order valence-corrected chi connectivity index (χ4v) is 1.98. The van der Waals surface area contributed by atoms with Gasteiger partial charge in [-0.15, -0.1) is 6.58 Å². The van der Waals surface area contributed by atoms with Crippen molar-refractivity contribution < 1.29 is 4.74 Å². The zero-order valence-electron chi connectivity index (χ0n) is 9.30. The van der Waals surface area contributed by atoms with Crippen LogP contribution in [0.3, 0.4) is 0 Å². The van der Waals surface area contributed by atoms with Crippen LogP contribution >= 0.6 is 0 Å². The van der Waals surface area contributed by atoms with E-state index >= 15 is 0 Å². The van der Waals surface area contributed by atoms with Crippen LogP contribution in [0.1, 0.15) is 39.0 Å². The molecule has 14 heavy (non-hydrogen) atoms. The van der Waals surface area contributed by atoms with E-state index in [4.69, 9.17) is 4.74 Å². The van der Waals surface area contributed by atoms with Crippen molar-refractivity contribution in [1.82, 2.24) is 5.32 Å². The van der Waals surface area contributed by atoms with Gasteiger partial charge in [-0.05, 0) is 32.2 Å². The van der Waals surface area contributed by atoms with Gasteiger partial charge in [-0.3, -0.25) is 0 Å². The van der Waals surface area contributed by atoms with Crippen LogP contribution in [0, 0.1) is 0 Å². The second kappa shape index (κ2) is 7.02. The lowest BCUT2D eigenvalue weighted by Crippen LogP contribution is -2.39. The maximum absolute atomic E-state index is 5.69. The number of nitrogens with one attached hydrogen (secondary N) is 1. The topological polar surface area (TPSA) is 21.3 Å². The molecule has 1 heterocycles. The first-order valence-electron chi connectivity index (χ1n) is 5.82. The van der Waals surface area contributed by atoms with E-state index in [0.29, 0.717) is 12.1 Å². The molecule has 0 aromatic rings. The Kier molecular flexibility index (Phi) is 5.88. The monoisotopic (exact) mass is 197 g/mol. The first kappa shape index (κ1) is 11.7. The highest BCUT2D eigenvalue weighted by atomic mass is 16.5. The molecule has 2 nitrogen and oxygen atoms in total. The highest BCUT2D eigenvalue weighted by Crippen LogP contribution is 2.17. The second-order valence-corrected chi connectivity index (χ2v) is 4.03. The molecule has 0 amide bonds. The van der Waals surface area contributed by atoms with E-state index in [2.05, 4.69) is 18.8 Å². The van der Waals surface area contributed by atoms with Crippen molar-refractivity contribution in [2.45, 2.75) is 51.2 Å².